The van der Waals surface area contributed by atoms with Crippen LogP contribution in [0.5, 0.6) is 0 Å². The van der Waals surface area contributed by atoms with Crippen LogP contribution in [-0.2, 0) is 11.2 Å². The number of amides is 1. The van der Waals surface area contributed by atoms with Crippen molar-refractivity contribution in [3.05, 3.63) is 35.4 Å². The first-order valence-corrected chi connectivity index (χ1v) is 7.77. The molecule has 0 aliphatic carbocycles. The molecule has 0 radical (unpaired) electrons. The average Bonchev–Trinajstić information content (AvgIpc) is 2.52. The minimum Gasteiger partial charge on any atom is -0.383 e. The summed E-state index contributed by atoms with van der Waals surface area (Å²) in [5, 5.41) is 0. The lowest BCUT2D eigenvalue weighted by molar-refractivity contribution is 0.0588. The van der Waals surface area contributed by atoms with Crippen molar-refractivity contribution in [2.24, 2.45) is 5.73 Å². The van der Waals surface area contributed by atoms with Crippen molar-refractivity contribution >= 4 is 5.91 Å². The first-order valence-electron chi connectivity index (χ1n) is 7.77. The smallest absolute Gasteiger partial charge is 0.254 e. The van der Waals surface area contributed by atoms with Gasteiger partial charge in [0, 0.05) is 25.3 Å². The van der Waals surface area contributed by atoms with Crippen molar-refractivity contribution in [2.75, 3.05) is 26.8 Å². The zero-order valence-corrected chi connectivity index (χ0v) is 13.5. The van der Waals surface area contributed by atoms with Gasteiger partial charge in [-0.15, -0.1) is 0 Å². The third-order valence-corrected chi connectivity index (χ3v) is 3.84. The molecule has 0 aliphatic heterocycles. The SMILES string of the molecule is CCC(CC)N(CCOC)C(=O)c1ccccc1CCN. The second-order valence-corrected chi connectivity index (χ2v) is 5.16. The number of hydrogen-bond acceptors (Lipinski definition) is 3. The van der Waals surface area contributed by atoms with Crippen LogP contribution in [0.3, 0.4) is 0 Å². The van der Waals surface area contributed by atoms with Gasteiger partial charge < -0.3 is 15.4 Å². The van der Waals surface area contributed by atoms with E-state index in [1.54, 1.807) is 7.11 Å². The third-order valence-electron chi connectivity index (χ3n) is 3.84. The van der Waals surface area contributed by atoms with E-state index in [4.69, 9.17) is 10.5 Å². The Morgan fingerprint density at radius 1 is 1.29 bits per heavy atom. The molecule has 118 valence electrons. The molecule has 0 spiro atoms. The van der Waals surface area contributed by atoms with Gasteiger partial charge in [0.1, 0.15) is 0 Å². The van der Waals surface area contributed by atoms with Crippen molar-refractivity contribution in [1.82, 2.24) is 4.90 Å². The number of carbonyl (C=O) groups excluding carboxylic acids is 1. The van der Waals surface area contributed by atoms with Crippen molar-refractivity contribution in [1.29, 1.82) is 0 Å². The molecule has 0 heterocycles. The minimum absolute atomic E-state index is 0.0878. The van der Waals surface area contributed by atoms with E-state index in [2.05, 4.69) is 13.8 Å². The van der Waals surface area contributed by atoms with E-state index in [0.29, 0.717) is 19.7 Å². The molecule has 1 aromatic rings. The normalized spacial score (nSPS) is 10.9. The number of ether oxygens (including phenoxy) is 1. The second-order valence-electron chi connectivity index (χ2n) is 5.16. The summed E-state index contributed by atoms with van der Waals surface area (Å²) in [6.45, 7) is 5.97. The predicted octanol–water partition coefficient (Wildman–Crippen LogP) is 2.46. The van der Waals surface area contributed by atoms with Gasteiger partial charge in [0.15, 0.2) is 0 Å². The van der Waals surface area contributed by atoms with Gasteiger partial charge >= 0.3 is 0 Å². The summed E-state index contributed by atoms with van der Waals surface area (Å²) in [4.78, 5) is 14.9. The van der Waals surface area contributed by atoms with Crippen LogP contribution in [0, 0.1) is 0 Å². The van der Waals surface area contributed by atoms with Crippen molar-refractivity contribution < 1.29 is 9.53 Å². The monoisotopic (exact) mass is 292 g/mol. The maximum atomic E-state index is 12.9. The Hall–Kier alpha value is -1.39. The maximum Gasteiger partial charge on any atom is 0.254 e. The molecule has 21 heavy (non-hydrogen) atoms. The van der Waals surface area contributed by atoms with E-state index in [0.717, 1.165) is 30.4 Å². The molecule has 4 heteroatoms. The Kier molecular flexibility index (Phi) is 8.01. The molecular formula is C17H28N2O2. The minimum atomic E-state index is 0.0878. The summed E-state index contributed by atoms with van der Waals surface area (Å²) < 4.78 is 5.16. The number of nitrogens with two attached hydrogens (primary N) is 1. The van der Waals surface area contributed by atoms with Gasteiger partial charge in [-0.2, -0.15) is 0 Å². The zero-order chi connectivity index (χ0) is 15.7. The van der Waals surface area contributed by atoms with Crippen LogP contribution in [0.2, 0.25) is 0 Å². The van der Waals surface area contributed by atoms with Gasteiger partial charge in [0.05, 0.1) is 6.61 Å². The number of benzene rings is 1. The number of methoxy groups -OCH3 is 1. The number of nitrogens with zero attached hydrogens (tertiary/aromatic N) is 1. The van der Waals surface area contributed by atoms with E-state index < -0.39 is 0 Å². The van der Waals surface area contributed by atoms with Crippen molar-refractivity contribution in [2.45, 2.75) is 39.2 Å². The lowest BCUT2D eigenvalue weighted by atomic mass is 10.0. The molecular weight excluding hydrogens is 264 g/mol. The molecule has 1 rings (SSSR count). The summed E-state index contributed by atoms with van der Waals surface area (Å²) in [7, 11) is 1.66. The summed E-state index contributed by atoms with van der Waals surface area (Å²) in [6.07, 6.45) is 2.62. The van der Waals surface area contributed by atoms with Crippen LogP contribution in [0.1, 0.15) is 42.6 Å². The van der Waals surface area contributed by atoms with Crippen molar-refractivity contribution in [3.8, 4) is 0 Å². The summed E-state index contributed by atoms with van der Waals surface area (Å²) >= 11 is 0. The lowest BCUT2D eigenvalue weighted by Crippen LogP contribution is -2.42. The molecule has 2 N–H and O–H groups in total. The van der Waals surface area contributed by atoms with Gasteiger partial charge in [0.2, 0.25) is 0 Å². The van der Waals surface area contributed by atoms with Crippen molar-refractivity contribution in [3.63, 3.8) is 0 Å². The van der Waals surface area contributed by atoms with E-state index in [9.17, 15) is 4.79 Å². The highest BCUT2D eigenvalue weighted by Gasteiger charge is 2.23. The van der Waals surface area contributed by atoms with Gasteiger partial charge in [-0.1, -0.05) is 32.0 Å². The molecule has 1 amide bonds. The molecule has 0 atom stereocenters. The highest BCUT2D eigenvalue weighted by Crippen LogP contribution is 2.17. The molecule has 0 unspecified atom stereocenters. The highest BCUT2D eigenvalue weighted by atomic mass is 16.5. The Labute approximate surface area is 128 Å². The number of carbonyl (C=O) groups is 1. The third kappa shape index (κ3) is 4.83. The fourth-order valence-electron chi connectivity index (χ4n) is 2.63. The quantitative estimate of drug-likeness (QED) is 0.760. The summed E-state index contributed by atoms with van der Waals surface area (Å²) in [5.74, 6) is 0.0878. The molecule has 0 bridgehead atoms. The van der Waals surface area contributed by atoms with Gasteiger partial charge in [-0.25, -0.2) is 0 Å². The van der Waals surface area contributed by atoms with Crippen LogP contribution < -0.4 is 5.73 Å². The second kappa shape index (κ2) is 9.53. The Morgan fingerprint density at radius 3 is 2.52 bits per heavy atom. The topological polar surface area (TPSA) is 55.6 Å². The molecule has 4 nitrogen and oxygen atoms in total. The predicted molar refractivity (Wildman–Crippen MR) is 86.5 cm³/mol. The summed E-state index contributed by atoms with van der Waals surface area (Å²) in [5.41, 5.74) is 7.45. The van der Waals surface area contributed by atoms with Gasteiger partial charge in [0.25, 0.3) is 5.91 Å². The number of rotatable bonds is 9. The maximum absolute atomic E-state index is 12.9. The van der Waals surface area contributed by atoms with E-state index in [-0.39, 0.29) is 11.9 Å². The van der Waals surface area contributed by atoms with E-state index in [1.807, 2.05) is 29.2 Å². The Bertz CT molecular complexity index is 431. The first kappa shape index (κ1) is 17.7. The largest absolute Gasteiger partial charge is 0.383 e. The molecule has 0 saturated carbocycles. The van der Waals surface area contributed by atoms with Crippen LogP contribution in [0.15, 0.2) is 24.3 Å². The fraction of sp³-hybridized carbons (Fsp3) is 0.588. The molecule has 0 saturated heterocycles. The van der Waals surface area contributed by atoms with Gasteiger partial charge in [-0.05, 0) is 37.4 Å². The van der Waals surface area contributed by atoms with Crippen LogP contribution >= 0.6 is 0 Å². The lowest BCUT2D eigenvalue weighted by Gasteiger charge is -2.31. The van der Waals surface area contributed by atoms with Crippen LogP contribution in [0.4, 0.5) is 0 Å². The highest BCUT2D eigenvalue weighted by molar-refractivity contribution is 5.96. The Balaban J connectivity index is 3.03. The van der Waals surface area contributed by atoms with E-state index >= 15 is 0 Å². The standard InChI is InChI=1S/C17H28N2O2/c1-4-15(5-2)19(12-13-21-3)17(20)16-9-7-6-8-14(16)10-11-18/h6-9,15H,4-5,10-13,18H2,1-3H3. The van der Waals surface area contributed by atoms with E-state index in [1.165, 1.54) is 0 Å². The fourth-order valence-corrected chi connectivity index (χ4v) is 2.63. The average molecular weight is 292 g/mol. The first-order chi connectivity index (χ1) is 10.2. The molecule has 1 aromatic carbocycles. The van der Waals surface area contributed by atoms with Crippen LogP contribution in [0.25, 0.3) is 0 Å². The molecule has 0 fully saturated rings. The van der Waals surface area contributed by atoms with Crippen LogP contribution in [-0.4, -0.2) is 43.7 Å². The summed E-state index contributed by atoms with van der Waals surface area (Å²) in [6, 6.07) is 8.00. The number of hydrogen-bond donors (Lipinski definition) is 1. The molecule has 0 aromatic heterocycles. The Morgan fingerprint density at radius 2 is 1.95 bits per heavy atom. The zero-order valence-electron chi connectivity index (χ0n) is 13.5. The molecule has 0 aliphatic rings. The van der Waals surface area contributed by atoms with Gasteiger partial charge in [-0.3, -0.25) is 4.79 Å².